The van der Waals surface area contributed by atoms with Crippen molar-refractivity contribution in [1.82, 2.24) is 5.32 Å². The molecule has 26 heavy (non-hydrogen) atoms. The molecule has 2 aromatic carbocycles. The van der Waals surface area contributed by atoms with E-state index in [0.717, 1.165) is 5.56 Å². The van der Waals surface area contributed by atoms with Crippen LogP contribution in [-0.2, 0) is 11.3 Å². The second kappa shape index (κ2) is 7.36. The summed E-state index contributed by atoms with van der Waals surface area (Å²) in [7, 11) is 0. The molecular weight excluding hydrogens is 333 g/mol. The summed E-state index contributed by atoms with van der Waals surface area (Å²) in [6.45, 7) is 5.80. The molecule has 0 aromatic heterocycles. The fourth-order valence-corrected chi connectivity index (χ4v) is 2.87. The number of alkyl carbamates (subject to hydrolysis) is 1. The van der Waals surface area contributed by atoms with Gasteiger partial charge in [-0.05, 0) is 44.9 Å². The minimum Gasteiger partial charge on any atom is -0.489 e. The molecule has 2 atom stereocenters. The summed E-state index contributed by atoms with van der Waals surface area (Å²) in [5.41, 5.74) is 0.975. The molecule has 1 aliphatic carbocycles. The predicted octanol–water partition coefficient (Wildman–Crippen LogP) is 4.79. The second-order valence-electron chi connectivity index (χ2n) is 7.52. The van der Waals surface area contributed by atoms with Crippen LogP contribution in [-0.4, -0.2) is 17.7 Å². The van der Waals surface area contributed by atoms with Gasteiger partial charge in [-0.1, -0.05) is 36.4 Å². The highest BCUT2D eigenvalue weighted by molar-refractivity contribution is 5.69. The smallest absolute Gasteiger partial charge is 0.407 e. The van der Waals surface area contributed by atoms with Crippen LogP contribution in [0.1, 0.15) is 44.2 Å². The highest BCUT2D eigenvalue weighted by Gasteiger charge is 2.43. The molecule has 0 saturated heterocycles. The number of benzene rings is 2. The molecule has 1 fully saturated rings. The van der Waals surface area contributed by atoms with Crippen LogP contribution in [0.15, 0.2) is 48.5 Å². The van der Waals surface area contributed by atoms with E-state index in [2.05, 4.69) is 5.32 Å². The maximum absolute atomic E-state index is 14.4. The Morgan fingerprint density at radius 3 is 2.58 bits per heavy atom. The number of amides is 1. The minimum absolute atomic E-state index is 0.102. The maximum Gasteiger partial charge on any atom is 0.407 e. The van der Waals surface area contributed by atoms with E-state index in [-0.39, 0.29) is 17.8 Å². The molecule has 1 aliphatic rings. The number of hydrogen-bond donors (Lipinski definition) is 1. The van der Waals surface area contributed by atoms with Crippen LogP contribution < -0.4 is 10.1 Å². The van der Waals surface area contributed by atoms with Crippen molar-refractivity contribution in [2.24, 2.45) is 0 Å². The minimum atomic E-state index is -0.559. The highest BCUT2D eigenvalue weighted by Crippen LogP contribution is 2.46. The summed E-state index contributed by atoms with van der Waals surface area (Å²) in [6.07, 6.45) is 0.190. The van der Waals surface area contributed by atoms with Crippen LogP contribution in [0.5, 0.6) is 5.75 Å². The summed E-state index contributed by atoms with van der Waals surface area (Å²) in [4.78, 5) is 11.9. The van der Waals surface area contributed by atoms with E-state index >= 15 is 0 Å². The topological polar surface area (TPSA) is 47.6 Å². The third kappa shape index (κ3) is 4.75. The molecule has 2 aromatic rings. The molecule has 0 bridgehead atoms. The van der Waals surface area contributed by atoms with Gasteiger partial charge in [-0.15, -0.1) is 0 Å². The number of halogens is 1. The number of nitrogens with one attached hydrogen (secondary N) is 1. The van der Waals surface area contributed by atoms with Crippen molar-refractivity contribution in [3.8, 4) is 5.75 Å². The lowest BCUT2D eigenvalue weighted by Gasteiger charge is -2.20. The van der Waals surface area contributed by atoms with Crippen molar-refractivity contribution >= 4 is 6.09 Å². The average molecular weight is 357 g/mol. The first-order valence-electron chi connectivity index (χ1n) is 8.78. The molecule has 5 heteroatoms. The van der Waals surface area contributed by atoms with Crippen LogP contribution in [0.25, 0.3) is 0 Å². The van der Waals surface area contributed by atoms with Crippen molar-refractivity contribution in [3.05, 3.63) is 65.5 Å². The molecule has 1 N–H and O–H groups in total. The monoisotopic (exact) mass is 357 g/mol. The summed E-state index contributed by atoms with van der Waals surface area (Å²) < 4.78 is 25.5. The van der Waals surface area contributed by atoms with Crippen molar-refractivity contribution in [2.75, 3.05) is 0 Å². The van der Waals surface area contributed by atoms with E-state index in [9.17, 15) is 9.18 Å². The van der Waals surface area contributed by atoms with Crippen molar-refractivity contribution in [1.29, 1.82) is 0 Å². The zero-order chi connectivity index (χ0) is 18.7. The molecule has 1 saturated carbocycles. The van der Waals surface area contributed by atoms with Crippen LogP contribution in [0.2, 0.25) is 0 Å². The maximum atomic E-state index is 14.4. The Labute approximate surface area is 153 Å². The highest BCUT2D eigenvalue weighted by atomic mass is 19.1. The number of carbonyl (C=O) groups excluding carboxylic acids is 1. The molecule has 138 valence electrons. The number of carbonyl (C=O) groups is 1. The van der Waals surface area contributed by atoms with Gasteiger partial charge in [0.05, 0.1) is 0 Å². The lowest BCUT2D eigenvalue weighted by molar-refractivity contribution is 0.0522. The Hall–Kier alpha value is -2.56. The molecule has 0 radical (unpaired) electrons. The SMILES string of the molecule is CC(C)(C)OC(=O)N[C@@H]1C[C@H]1c1c(F)cccc1OCc1ccccc1. The summed E-state index contributed by atoms with van der Waals surface area (Å²) in [6, 6.07) is 14.4. The molecule has 4 nitrogen and oxygen atoms in total. The fraction of sp³-hybridized carbons (Fsp3) is 0.381. The van der Waals surface area contributed by atoms with Gasteiger partial charge in [0.15, 0.2) is 0 Å². The molecule has 0 heterocycles. The zero-order valence-corrected chi connectivity index (χ0v) is 15.3. The van der Waals surface area contributed by atoms with E-state index in [4.69, 9.17) is 9.47 Å². The van der Waals surface area contributed by atoms with E-state index in [1.807, 2.05) is 51.1 Å². The third-order valence-electron chi connectivity index (χ3n) is 4.11. The van der Waals surface area contributed by atoms with E-state index in [0.29, 0.717) is 24.3 Å². The Morgan fingerprint density at radius 2 is 1.88 bits per heavy atom. The van der Waals surface area contributed by atoms with Gasteiger partial charge in [0.25, 0.3) is 0 Å². The predicted molar refractivity (Wildman–Crippen MR) is 97.7 cm³/mol. The first-order chi connectivity index (χ1) is 12.3. The van der Waals surface area contributed by atoms with Crippen molar-refractivity contribution in [3.63, 3.8) is 0 Å². The lowest BCUT2D eigenvalue weighted by Crippen LogP contribution is -2.34. The Morgan fingerprint density at radius 1 is 1.15 bits per heavy atom. The molecule has 1 amide bonds. The van der Waals surface area contributed by atoms with Crippen LogP contribution in [0.4, 0.5) is 9.18 Å². The van der Waals surface area contributed by atoms with Crippen molar-refractivity contribution in [2.45, 2.75) is 51.4 Å². The first kappa shape index (κ1) is 18.2. The van der Waals surface area contributed by atoms with Gasteiger partial charge < -0.3 is 14.8 Å². The molecule has 0 spiro atoms. The van der Waals surface area contributed by atoms with E-state index < -0.39 is 11.7 Å². The van der Waals surface area contributed by atoms with Gasteiger partial charge in [-0.2, -0.15) is 0 Å². The van der Waals surface area contributed by atoms with Crippen molar-refractivity contribution < 1.29 is 18.7 Å². The summed E-state index contributed by atoms with van der Waals surface area (Å²) in [5, 5.41) is 2.80. The van der Waals surface area contributed by atoms with Crippen LogP contribution in [0.3, 0.4) is 0 Å². The van der Waals surface area contributed by atoms with Gasteiger partial charge in [0.2, 0.25) is 0 Å². The molecule has 3 rings (SSSR count). The zero-order valence-electron chi connectivity index (χ0n) is 15.3. The van der Waals surface area contributed by atoms with Crippen LogP contribution >= 0.6 is 0 Å². The quantitative estimate of drug-likeness (QED) is 0.837. The molecular formula is C21H24FNO3. The van der Waals surface area contributed by atoms with E-state index in [1.54, 1.807) is 12.1 Å². The van der Waals surface area contributed by atoms with Crippen LogP contribution in [0, 0.1) is 5.82 Å². The first-order valence-corrected chi connectivity index (χ1v) is 8.78. The Kier molecular flexibility index (Phi) is 5.16. The number of ether oxygens (including phenoxy) is 2. The molecule has 0 aliphatic heterocycles. The number of hydrogen-bond acceptors (Lipinski definition) is 3. The number of rotatable bonds is 5. The van der Waals surface area contributed by atoms with E-state index in [1.165, 1.54) is 6.07 Å². The van der Waals surface area contributed by atoms with Gasteiger partial charge in [-0.25, -0.2) is 9.18 Å². The molecule has 0 unspecified atom stereocenters. The largest absolute Gasteiger partial charge is 0.489 e. The standard InChI is InChI=1S/C21H24FNO3/c1-21(2,3)26-20(24)23-17-12-15(17)19-16(22)10-7-11-18(19)25-13-14-8-5-4-6-9-14/h4-11,15,17H,12-13H2,1-3H3,(H,23,24)/t15-,17-/m1/s1. The van der Waals surface area contributed by atoms with Gasteiger partial charge >= 0.3 is 6.09 Å². The summed E-state index contributed by atoms with van der Waals surface area (Å²) in [5.74, 6) is 0.107. The average Bonchev–Trinajstić information content (AvgIpc) is 3.30. The van der Waals surface area contributed by atoms with Gasteiger partial charge in [0, 0.05) is 17.5 Å². The Balaban J connectivity index is 1.66. The third-order valence-corrected chi connectivity index (χ3v) is 4.11. The van der Waals surface area contributed by atoms with Gasteiger partial charge in [-0.3, -0.25) is 0 Å². The lowest BCUT2D eigenvalue weighted by atomic mass is 10.1. The van der Waals surface area contributed by atoms with Gasteiger partial charge in [0.1, 0.15) is 23.8 Å². The normalized spacial score (nSPS) is 18.9. The fourth-order valence-electron chi connectivity index (χ4n) is 2.87. The summed E-state index contributed by atoms with van der Waals surface area (Å²) >= 11 is 0. The second-order valence-corrected chi connectivity index (χ2v) is 7.52. The Bertz CT molecular complexity index is 771.